The maximum Gasteiger partial charge on any atom is 0.407 e. The van der Waals surface area contributed by atoms with E-state index in [0.29, 0.717) is 34.7 Å². The molecular formula is C44H57ClFN9O5. The maximum atomic E-state index is 14.8. The van der Waals surface area contributed by atoms with E-state index in [9.17, 15) is 28.7 Å². The average molecular weight is 846 g/mol. The second-order valence-electron chi connectivity index (χ2n) is 17.6. The number of imide groups is 1. The van der Waals surface area contributed by atoms with Gasteiger partial charge in [0.1, 0.15) is 11.9 Å². The number of piperidine rings is 2. The Balaban J connectivity index is 0.730. The minimum atomic E-state index is -0.847. The van der Waals surface area contributed by atoms with Crippen molar-refractivity contribution < 1.29 is 28.7 Å². The molecule has 2 aromatic heterocycles. The van der Waals surface area contributed by atoms with Crippen LogP contribution in [0.4, 0.5) is 15.1 Å². The number of carboxylic acid groups (broad SMARTS) is 1. The molecule has 60 heavy (non-hydrogen) atoms. The smallest absolute Gasteiger partial charge is 0.407 e. The fourth-order valence-corrected chi connectivity index (χ4v) is 10.1. The van der Waals surface area contributed by atoms with Crippen molar-refractivity contribution in [3.63, 3.8) is 0 Å². The zero-order chi connectivity index (χ0) is 41.9. The molecule has 4 fully saturated rings. The number of aromatic nitrogens is 4. The molecule has 2 aliphatic carbocycles. The lowest BCUT2D eigenvalue weighted by Crippen LogP contribution is -2.52. The number of nitrogens with one attached hydrogen (secondary N) is 2. The lowest BCUT2D eigenvalue weighted by molar-refractivity contribution is -0.136. The van der Waals surface area contributed by atoms with Crippen LogP contribution in [0.15, 0.2) is 24.5 Å². The summed E-state index contributed by atoms with van der Waals surface area (Å²) in [6.07, 6.45) is 16.6. The lowest BCUT2D eigenvalue weighted by atomic mass is 9.85. The molecule has 2 saturated carbocycles. The molecule has 0 bridgehead atoms. The van der Waals surface area contributed by atoms with Crippen LogP contribution >= 0.6 is 11.6 Å². The largest absolute Gasteiger partial charge is 0.465 e. The molecule has 3 N–H and O–H groups in total. The standard InChI is InChI=1S/C44H57ClFN9O5/c1-52-38(21-27-7-8-27)34(24-48-52)40-36(45)25-47-43(51-40)49-30-9-11-31(12-10-30)54(44(59)60)18-6-4-2-3-5-17-53-19-15-28(16-20-53)32-22-29(46)23-33-35(32)26-55(42(33)58)37-13-14-39(56)50-41(37)57/h22-25,27-28,30-31,37H,2-21,26H2,1H3,(H,59,60)(H,47,49,51)(H,50,56,57)/t30-,31-,37?. The van der Waals surface area contributed by atoms with Crippen LogP contribution in [-0.4, -0.2) is 108 Å². The van der Waals surface area contributed by atoms with Crippen molar-refractivity contribution in [2.24, 2.45) is 13.0 Å². The number of hydrogen-bond acceptors (Lipinski definition) is 9. The number of hydrogen-bond donors (Lipinski definition) is 3. The van der Waals surface area contributed by atoms with Gasteiger partial charge in [0.15, 0.2) is 0 Å². The van der Waals surface area contributed by atoms with Gasteiger partial charge in [-0.25, -0.2) is 19.2 Å². The first kappa shape index (κ1) is 42.1. The second-order valence-corrected chi connectivity index (χ2v) is 18.0. The van der Waals surface area contributed by atoms with Gasteiger partial charge in [-0.15, -0.1) is 0 Å². The molecular weight excluding hydrogens is 789 g/mol. The van der Waals surface area contributed by atoms with E-state index in [1.807, 2.05) is 17.9 Å². The molecule has 1 unspecified atom stereocenters. The van der Waals surface area contributed by atoms with Crippen molar-refractivity contribution in [1.82, 2.24) is 39.8 Å². The first-order valence-electron chi connectivity index (χ1n) is 22.0. The van der Waals surface area contributed by atoms with Crippen molar-refractivity contribution in [2.75, 3.05) is 31.5 Å². The highest BCUT2D eigenvalue weighted by Gasteiger charge is 2.41. The summed E-state index contributed by atoms with van der Waals surface area (Å²) < 4.78 is 16.7. The Hall–Kier alpha value is -4.63. The Morgan fingerprint density at radius 1 is 0.967 bits per heavy atom. The Labute approximate surface area is 355 Å². The topological polar surface area (TPSA) is 166 Å². The van der Waals surface area contributed by atoms with Crippen molar-refractivity contribution in [3.8, 4) is 11.3 Å². The molecule has 5 heterocycles. The summed E-state index contributed by atoms with van der Waals surface area (Å²) in [6.45, 7) is 3.58. The minimum absolute atomic E-state index is 0.00347. The molecule has 1 aromatic carbocycles. The van der Waals surface area contributed by atoms with Crippen molar-refractivity contribution in [2.45, 2.75) is 133 Å². The fraction of sp³-hybridized carbons (Fsp3) is 0.614. The minimum Gasteiger partial charge on any atom is -0.465 e. The summed E-state index contributed by atoms with van der Waals surface area (Å²) in [5.74, 6) is -0.208. The Morgan fingerprint density at radius 3 is 2.45 bits per heavy atom. The number of rotatable bonds is 16. The number of nitrogens with zero attached hydrogens (tertiary/aromatic N) is 7. The number of benzene rings is 1. The lowest BCUT2D eigenvalue weighted by Gasteiger charge is -2.35. The van der Waals surface area contributed by atoms with Gasteiger partial charge in [-0.05, 0) is 132 Å². The van der Waals surface area contributed by atoms with E-state index < -0.39 is 23.9 Å². The fourth-order valence-electron chi connectivity index (χ4n) is 9.91. The molecule has 5 aliphatic rings. The normalized spacial score (nSPS) is 22.6. The zero-order valence-corrected chi connectivity index (χ0v) is 35.3. The summed E-state index contributed by atoms with van der Waals surface area (Å²) in [7, 11) is 1.96. The second kappa shape index (κ2) is 18.6. The molecule has 4 amide bonds. The van der Waals surface area contributed by atoms with Gasteiger partial charge in [0.05, 0.1) is 23.1 Å². The van der Waals surface area contributed by atoms with Crippen LogP contribution in [0.1, 0.15) is 129 Å². The van der Waals surface area contributed by atoms with Crippen LogP contribution in [0.25, 0.3) is 11.3 Å². The highest BCUT2D eigenvalue weighted by atomic mass is 35.5. The van der Waals surface area contributed by atoms with E-state index in [4.69, 9.17) is 16.6 Å². The van der Waals surface area contributed by atoms with Crippen LogP contribution in [0, 0.1) is 11.7 Å². The quantitative estimate of drug-likeness (QED) is 0.102. The Kier molecular flexibility index (Phi) is 13.0. The van der Waals surface area contributed by atoms with Gasteiger partial charge in [-0.1, -0.05) is 30.9 Å². The van der Waals surface area contributed by atoms with E-state index in [0.717, 1.165) is 119 Å². The molecule has 3 aliphatic heterocycles. The van der Waals surface area contributed by atoms with Gasteiger partial charge >= 0.3 is 6.09 Å². The molecule has 1 atom stereocenters. The number of aryl methyl sites for hydroxylation is 1. The Morgan fingerprint density at radius 2 is 1.72 bits per heavy atom. The maximum absolute atomic E-state index is 14.8. The van der Waals surface area contributed by atoms with Crippen LogP contribution in [0.2, 0.25) is 5.02 Å². The van der Waals surface area contributed by atoms with Gasteiger partial charge in [-0.2, -0.15) is 5.10 Å². The molecule has 2 saturated heterocycles. The van der Waals surface area contributed by atoms with Gasteiger partial charge in [0, 0.05) is 55.5 Å². The molecule has 8 rings (SSSR count). The van der Waals surface area contributed by atoms with E-state index in [1.54, 1.807) is 17.2 Å². The third-order valence-corrected chi connectivity index (χ3v) is 13.8. The number of likely N-dealkylation sites (tertiary alicyclic amines) is 1. The average Bonchev–Trinajstić information content (AvgIpc) is 3.91. The number of carbonyl (C=O) groups is 4. The van der Waals surface area contributed by atoms with Gasteiger partial charge < -0.3 is 25.1 Å². The molecule has 14 nitrogen and oxygen atoms in total. The van der Waals surface area contributed by atoms with Gasteiger partial charge in [0.2, 0.25) is 17.8 Å². The number of carbonyl (C=O) groups excluding carboxylic acids is 3. The first-order valence-corrected chi connectivity index (χ1v) is 22.4. The third-order valence-electron chi connectivity index (χ3n) is 13.5. The SMILES string of the molecule is Cn1ncc(-c2nc(N[C@H]3CC[C@H](N(CCCCCCCN4CCC(c5cc(F)cc6c5CN(C5CCC(=O)NC5=O)C6=O)CC4)C(=O)O)CC3)ncc2Cl)c1CC1CC1. The number of fused-ring (bicyclic) bond motifs is 1. The van der Waals surface area contributed by atoms with E-state index in [-0.39, 0.29) is 49.2 Å². The highest BCUT2D eigenvalue weighted by molar-refractivity contribution is 6.33. The molecule has 16 heteroatoms. The van der Waals surface area contributed by atoms with Crippen LogP contribution in [0.3, 0.4) is 0 Å². The number of unbranched alkanes of at least 4 members (excludes halogenated alkanes) is 4. The molecule has 3 aromatic rings. The first-order chi connectivity index (χ1) is 29.0. The van der Waals surface area contributed by atoms with Gasteiger partial charge in [-0.3, -0.25) is 24.4 Å². The van der Waals surface area contributed by atoms with Crippen molar-refractivity contribution in [3.05, 3.63) is 57.8 Å². The summed E-state index contributed by atoms with van der Waals surface area (Å²) in [6, 6.07) is 2.29. The molecule has 0 radical (unpaired) electrons. The van der Waals surface area contributed by atoms with E-state index >= 15 is 0 Å². The zero-order valence-electron chi connectivity index (χ0n) is 34.5. The number of halogens is 2. The van der Waals surface area contributed by atoms with Gasteiger partial charge in [0.25, 0.3) is 5.91 Å². The Bertz CT molecular complexity index is 2080. The predicted octanol–water partition coefficient (Wildman–Crippen LogP) is 6.92. The van der Waals surface area contributed by atoms with Crippen LogP contribution in [-0.2, 0) is 29.6 Å². The molecule has 0 spiro atoms. The van der Waals surface area contributed by atoms with Crippen LogP contribution in [0.5, 0.6) is 0 Å². The summed E-state index contributed by atoms with van der Waals surface area (Å²) >= 11 is 6.58. The van der Waals surface area contributed by atoms with E-state index in [1.165, 1.54) is 23.8 Å². The van der Waals surface area contributed by atoms with Crippen molar-refractivity contribution >= 4 is 41.4 Å². The summed E-state index contributed by atoms with van der Waals surface area (Å²) in [4.78, 5) is 64.7. The summed E-state index contributed by atoms with van der Waals surface area (Å²) in [5.41, 5.74) is 4.80. The van der Waals surface area contributed by atoms with E-state index in [2.05, 4.69) is 25.6 Å². The monoisotopic (exact) mass is 845 g/mol. The number of amides is 4. The third kappa shape index (κ3) is 9.62. The van der Waals surface area contributed by atoms with Crippen LogP contribution < -0.4 is 10.6 Å². The van der Waals surface area contributed by atoms with Crippen molar-refractivity contribution in [1.29, 1.82) is 0 Å². The predicted molar refractivity (Wildman–Crippen MR) is 224 cm³/mol. The summed E-state index contributed by atoms with van der Waals surface area (Å²) in [5, 5.41) is 20.9. The number of anilines is 1. The molecule has 322 valence electrons. The highest BCUT2D eigenvalue weighted by Crippen LogP contribution is 2.39.